The quantitative estimate of drug-likeness (QED) is 0.213. The minimum atomic E-state index is -2.31. The summed E-state index contributed by atoms with van der Waals surface area (Å²) in [7, 11) is 4.67. The van der Waals surface area contributed by atoms with Crippen molar-refractivity contribution < 1.29 is 62.9 Å². The Morgan fingerprint density at radius 3 is 2.22 bits per heavy atom. The van der Waals surface area contributed by atoms with Crippen molar-refractivity contribution in [1.29, 1.82) is 0 Å². The van der Waals surface area contributed by atoms with Gasteiger partial charge in [0, 0.05) is 59.0 Å². The third-order valence-corrected chi connectivity index (χ3v) is 13.5. The van der Waals surface area contributed by atoms with E-state index in [2.05, 4.69) is 6.92 Å². The zero-order chi connectivity index (χ0) is 44.5. The fraction of sp³-hybridized carbons (Fsp3) is 0.826. The third kappa shape index (κ3) is 12.3. The van der Waals surface area contributed by atoms with Crippen LogP contribution in [0.5, 0.6) is 0 Å². The highest BCUT2D eigenvalue weighted by molar-refractivity contribution is 5.89. The molecular weight excluding hydrogens is 774 g/mol. The number of aliphatic hydroxyl groups is 3. The van der Waals surface area contributed by atoms with Crippen LogP contribution >= 0.6 is 0 Å². The van der Waals surface area contributed by atoms with E-state index in [0.717, 1.165) is 18.9 Å². The van der Waals surface area contributed by atoms with Crippen LogP contribution in [0.4, 0.5) is 0 Å². The van der Waals surface area contributed by atoms with Gasteiger partial charge in [0.2, 0.25) is 11.9 Å². The number of methoxy groups -OCH3 is 3. The molecule has 60 heavy (non-hydrogen) atoms. The number of ether oxygens (including phenoxy) is 6. The molecule has 3 N–H and O–H groups in total. The number of Topliss-reactive ketones (excluding diaryl/α,β-unsaturated/α-hetero) is 1. The zero-order valence-corrected chi connectivity index (χ0v) is 37.8. The number of piperidine rings is 1. The van der Waals surface area contributed by atoms with E-state index < -0.39 is 90.2 Å². The molecule has 1 saturated carbocycles. The van der Waals surface area contributed by atoms with Crippen LogP contribution in [0.2, 0.25) is 0 Å². The summed E-state index contributed by atoms with van der Waals surface area (Å²) < 4.78 is 36.1. The summed E-state index contributed by atoms with van der Waals surface area (Å²) in [5.41, 5.74) is 1.67. The van der Waals surface area contributed by atoms with Crippen molar-refractivity contribution in [3.8, 4) is 0 Å². The fourth-order valence-electron chi connectivity index (χ4n) is 10.0. The van der Waals surface area contributed by atoms with Crippen molar-refractivity contribution in [2.24, 2.45) is 29.6 Å². The molecule has 15 atom stereocenters. The Balaban J connectivity index is 1.83. The number of hydrogen-bond donors (Lipinski definition) is 3. The highest BCUT2D eigenvalue weighted by Gasteiger charge is 2.58. The maximum Gasteiger partial charge on any atom is 0.329 e. The van der Waals surface area contributed by atoms with E-state index in [1.54, 1.807) is 35.2 Å². The Bertz CT molecular complexity index is 1520. The lowest BCUT2D eigenvalue weighted by molar-refractivity contribution is -0.347. The van der Waals surface area contributed by atoms with Gasteiger partial charge < -0.3 is 48.6 Å². The molecular formula is C46H75NO13. The van der Waals surface area contributed by atoms with E-state index in [4.69, 9.17) is 28.4 Å². The van der Waals surface area contributed by atoms with Gasteiger partial charge in [-0.05, 0) is 95.5 Å². The van der Waals surface area contributed by atoms with Crippen molar-refractivity contribution in [2.75, 3.05) is 27.9 Å². The molecule has 0 spiro atoms. The molecule has 3 fully saturated rings. The van der Waals surface area contributed by atoms with Gasteiger partial charge in [0.15, 0.2) is 0 Å². The Hall–Kier alpha value is -2.72. The Labute approximate surface area is 357 Å². The van der Waals surface area contributed by atoms with Gasteiger partial charge in [-0.3, -0.25) is 14.4 Å². The number of hydrogen-bond acceptors (Lipinski definition) is 13. The molecule has 0 aromatic carbocycles. The lowest BCUT2D eigenvalue weighted by Crippen LogP contribution is -2.67. The summed E-state index contributed by atoms with van der Waals surface area (Å²) in [5.74, 6) is -6.62. The number of allylic oxidation sites excluding steroid dienone is 3. The van der Waals surface area contributed by atoms with Crippen molar-refractivity contribution in [3.05, 3.63) is 23.3 Å². The molecule has 3 aliphatic heterocycles. The Kier molecular flexibility index (Phi) is 18.8. The van der Waals surface area contributed by atoms with E-state index in [-0.39, 0.29) is 49.5 Å². The van der Waals surface area contributed by atoms with Crippen LogP contribution < -0.4 is 0 Å². The monoisotopic (exact) mass is 850 g/mol. The van der Waals surface area contributed by atoms with Gasteiger partial charge in [-0.25, -0.2) is 4.79 Å². The predicted octanol–water partition coefficient (Wildman–Crippen LogP) is 5.23. The standard InChI is InChI=1S/C46H75NO13/c1-11-14-33-20-26(2)19-27(3)21-39(56-9)42-40(57-10)23-29(5)46(54,60-42)43(58-31(7)48)44(52)47-18-13-12-15-34(47)45(53)59-41(30(6)36(50)25-37(33)51)28(4)22-32-16-17-35(49)38(24-32)55-8/h20,22,27,29-30,32-36,38-43,49-50,54H,11-19,21,23-25H2,1-10H3. The number of nitrogens with zero attached hydrogens (tertiary/aromatic N) is 1. The minimum absolute atomic E-state index is 0.00711. The van der Waals surface area contributed by atoms with Crippen molar-refractivity contribution in [3.63, 3.8) is 0 Å². The third-order valence-electron chi connectivity index (χ3n) is 13.5. The van der Waals surface area contributed by atoms with Gasteiger partial charge in [0.1, 0.15) is 24.0 Å². The number of cyclic esters (lactones) is 1. The number of carbonyl (C=O) groups excluding carboxylic acids is 4. The molecule has 1 amide bonds. The summed E-state index contributed by atoms with van der Waals surface area (Å²) in [6.07, 6.45) is 2.83. The first-order valence-corrected chi connectivity index (χ1v) is 22.3. The van der Waals surface area contributed by atoms with Gasteiger partial charge in [0.05, 0.1) is 30.5 Å². The van der Waals surface area contributed by atoms with Gasteiger partial charge in [-0.15, -0.1) is 0 Å². The average Bonchev–Trinajstić information content (AvgIpc) is 3.21. The zero-order valence-electron chi connectivity index (χ0n) is 37.8. The summed E-state index contributed by atoms with van der Waals surface area (Å²) in [5, 5.41) is 34.8. The molecule has 0 radical (unpaired) electrons. The second-order valence-electron chi connectivity index (χ2n) is 18.3. The maximum absolute atomic E-state index is 14.8. The molecule has 2 saturated heterocycles. The number of esters is 2. The normalized spacial score (nSPS) is 39.8. The van der Waals surface area contributed by atoms with E-state index >= 15 is 0 Å². The Morgan fingerprint density at radius 2 is 1.58 bits per heavy atom. The van der Waals surface area contributed by atoms with Gasteiger partial charge in [0.25, 0.3) is 5.91 Å². The van der Waals surface area contributed by atoms with Crippen LogP contribution in [0.15, 0.2) is 23.3 Å². The molecule has 0 aromatic rings. The molecule has 15 unspecified atom stereocenters. The molecule has 3 heterocycles. The molecule has 14 heteroatoms. The number of carbonyl (C=O) groups is 4. The topological polar surface area (TPSA) is 188 Å². The molecule has 14 nitrogen and oxygen atoms in total. The molecule has 4 aliphatic rings. The highest BCUT2D eigenvalue weighted by Crippen LogP contribution is 2.41. The lowest BCUT2D eigenvalue weighted by atomic mass is 9.81. The van der Waals surface area contributed by atoms with Crippen molar-refractivity contribution >= 4 is 23.6 Å². The minimum Gasteiger partial charge on any atom is -0.456 e. The number of rotatable bonds is 8. The number of fused-ring (bicyclic) bond motifs is 3. The summed E-state index contributed by atoms with van der Waals surface area (Å²) in [6.45, 7) is 12.7. The SMILES string of the molecule is CCCC1C=C(C)CC(C)CC(OC)C2OC(O)(C(C)CC2OC)C(OC(C)=O)C(=O)N2CCCCC2C(=O)OC(C(C)=CC2CCC(O)C(OC)C2)C(C)C(O)CC1=O. The number of ketones is 1. The van der Waals surface area contributed by atoms with E-state index in [1.807, 2.05) is 32.9 Å². The smallest absolute Gasteiger partial charge is 0.329 e. The fourth-order valence-corrected chi connectivity index (χ4v) is 10.0. The van der Waals surface area contributed by atoms with Crippen molar-refractivity contribution in [1.82, 2.24) is 4.90 Å². The molecule has 4 rings (SSSR count). The Morgan fingerprint density at radius 1 is 0.917 bits per heavy atom. The maximum atomic E-state index is 14.8. The predicted molar refractivity (Wildman–Crippen MR) is 223 cm³/mol. The molecule has 0 aromatic heterocycles. The second-order valence-corrected chi connectivity index (χ2v) is 18.3. The number of aliphatic hydroxyl groups excluding tert-OH is 2. The first-order chi connectivity index (χ1) is 28.4. The second kappa shape index (κ2) is 22.6. The van der Waals surface area contributed by atoms with Crippen LogP contribution in [0.25, 0.3) is 0 Å². The van der Waals surface area contributed by atoms with Gasteiger partial charge >= 0.3 is 11.9 Å². The lowest BCUT2D eigenvalue weighted by Gasteiger charge is -2.50. The van der Waals surface area contributed by atoms with Crippen LogP contribution in [0.1, 0.15) is 126 Å². The van der Waals surface area contributed by atoms with Crippen molar-refractivity contribution in [2.45, 2.75) is 186 Å². The summed E-state index contributed by atoms with van der Waals surface area (Å²) in [4.78, 5) is 57.4. The average molecular weight is 850 g/mol. The van der Waals surface area contributed by atoms with Crippen LogP contribution in [0.3, 0.4) is 0 Å². The largest absolute Gasteiger partial charge is 0.456 e. The first kappa shape index (κ1) is 49.9. The van der Waals surface area contributed by atoms with E-state index in [1.165, 1.54) is 4.90 Å². The molecule has 2 bridgehead atoms. The highest BCUT2D eigenvalue weighted by atomic mass is 16.7. The van der Waals surface area contributed by atoms with Gasteiger partial charge in [-0.1, -0.05) is 51.8 Å². The van der Waals surface area contributed by atoms with Crippen LogP contribution in [-0.4, -0.2) is 132 Å². The van der Waals surface area contributed by atoms with Gasteiger partial charge in [-0.2, -0.15) is 0 Å². The summed E-state index contributed by atoms with van der Waals surface area (Å²) >= 11 is 0. The van der Waals surface area contributed by atoms with Crippen LogP contribution in [0, 0.1) is 29.6 Å². The molecule has 342 valence electrons. The molecule has 1 aliphatic carbocycles. The van der Waals surface area contributed by atoms with E-state index in [0.29, 0.717) is 56.9 Å². The van der Waals surface area contributed by atoms with Crippen LogP contribution in [-0.2, 0) is 47.6 Å². The van der Waals surface area contributed by atoms with E-state index in [9.17, 15) is 34.5 Å². The first-order valence-electron chi connectivity index (χ1n) is 22.3. The number of amides is 1. The summed E-state index contributed by atoms with van der Waals surface area (Å²) in [6, 6.07) is -1.11.